The Labute approximate surface area is 130 Å². The van der Waals surface area contributed by atoms with E-state index >= 15 is 0 Å². The molecule has 94 valence electrons. The first kappa shape index (κ1) is 13.0. The Hall–Kier alpha value is -1.01. The summed E-state index contributed by atoms with van der Waals surface area (Å²) in [5.74, 6) is 0. The zero-order chi connectivity index (χ0) is 13.2. The van der Waals surface area contributed by atoms with Crippen LogP contribution in [0.15, 0.2) is 47.4 Å². The molecule has 19 heavy (non-hydrogen) atoms. The summed E-state index contributed by atoms with van der Waals surface area (Å²) in [6.45, 7) is 0. The lowest BCUT2D eigenvalue weighted by Crippen LogP contribution is -2.15. The molecule has 0 amide bonds. The number of hydrogen-bond donors (Lipinski definition) is 1. The smallest absolute Gasteiger partial charge is 0.143 e. The van der Waals surface area contributed by atoms with Crippen molar-refractivity contribution in [3.63, 3.8) is 0 Å². The molecule has 1 nitrogen and oxygen atoms in total. The fraction of sp³-hybridized carbons (Fsp3) is 0. The first-order chi connectivity index (χ1) is 9.22. The van der Waals surface area contributed by atoms with E-state index in [4.69, 9.17) is 24.4 Å². The molecule has 3 rings (SSSR count). The predicted octanol–water partition coefficient (Wildman–Crippen LogP) is 4.75. The Balaban J connectivity index is 1.81. The van der Waals surface area contributed by atoms with E-state index in [0.717, 1.165) is 14.2 Å². The van der Waals surface area contributed by atoms with Crippen molar-refractivity contribution in [2.75, 3.05) is 0 Å². The zero-order valence-electron chi connectivity index (χ0n) is 9.75. The molecule has 1 fully saturated rings. The van der Waals surface area contributed by atoms with E-state index in [0.29, 0.717) is 0 Å². The summed E-state index contributed by atoms with van der Waals surface area (Å²) in [6.07, 6.45) is 6.13. The largest absolute Gasteiger partial charge is 0.331 e. The molecule has 2 aromatic rings. The first-order valence-electron chi connectivity index (χ1n) is 5.62. The summed E-state index contributed by atoms with van der Waals surface area (Å²) in [4.78, 5) is 2.97. The van der Waals surface area contributed by atoms with E-state index in [1.54, 1.807) is 11.3 Å². The molecule has 1 saturated heterocycles. The molecule has 0 bridgehead atoms. The molecule has 1 aromatic carbocycles. The van der Waals surface area contributed by atoms with E-state index in [9.17, 15) is 0 Å². The van der Waals surface area contributed by atoms with Crippen LogP contribution in [0.1, 0.15) is 4.88 Å². The number of nitrogens with one attached hydrogen (secondary N) is 1. The lowest BCUT2D eigenvalue weighted by atomic mass is 10.2. The standard InChI is InChI=1S/C14H9NS4/c16-13-12(19-14(17)15-13)7-3-5-10-8-9-4-1-2-6-11(9)18-10/h1-8H,(H,15,16,17)/b5-3+,12-7-. The van der Waals surface area contributed by atoms with Crippen molar-refractivity contribution in [1.82, 2.24) is 5.32 Å². The first-order valence-corrected chi connectivity index (χ1v) is 8.07. The van der Waals surface area contributed by atoms with Gasteiger partial charge in [-0.3, -0.25) is 0 Å². The highest BCUT2D eigenvalue weighted by Gasteiger charge is 2.17. The van der Waals surface area contributed by atoms with Crippen molar-refractivity contribution in [1.29, 1.82) is 0 Å². The molecule has 0 atom stereocenters. The summed E-state index contributed by atoms with van der Waals surface area (Å²) in [5.41, 5.74) is 0. The van der Waals surface area contributed by atoms with E-state index < -0.39 is 0 Å². The van der Waals surface area contributed by atoms with Gasteiger partial charge in [0.1, 0.15) is 9.31 Å². The molecule has 5 heteroatoms. The van der Waals surface area contributed by atoms with Crippen LogP contribution in [-0.2, 0) is 0 Å². The van der Waals surface area contributed by atoms with Gasteiger partial charge in [0, 0.05) is 14.5 Å². The van der Waals surface area contributed by atoms with Crippen molar-refractivity contribution >= 4 is 73.0 Å². The summed E-state index contributed by atoms with van der Waals surface area (Å²) >= 11 is 13.5. The van der Waals surface area contributed by atoms with Crippen molar-refractivity contribution in [2.24, 2.45) is 0 Å². The van der Waals surface area contributed by atoms with Crippen LogP contribution in [0.25, 0.3) is 16.2 Å². The van der Waals surface area contributed by atoms with Crippen LogP contribution in [0.2, 0.25) is 0 Å². The molecular formula is C14H9NS4. The maximum atomic E-state index is 5.18. The minimum atomic E-state index is 0.719. The summed E-state index contributed by atoms with van der Waals surface area (Å²) in [7, 11) is 0. The van der Waals surface area contributed by atoms with Gasteiger partial charge in [0.25, 0.3) is 0 Å². The molecular weight excluding hydrogens is 310 g/mol. The topological polar surface area (TPSA) is 12.0 Å². The molecule has 1 aromatic heterocycles. The van der Waals surface area contributed by atoms with E-state index in [2.05, 4.69) is 41.7 Å². The molecule has 2 heterocycles. The van der Waals surface area contributed by atoms with Crippen LogP contribution in [0, 0.1) is 0 Å². The van der Waals surface area contributed by atoms with Gasteiger partial charge in [-0.15, -0.1) is 11.3 Å². The maximum absolute atomic E-state index is 5.18. The molecule has 0 radical (unpaired) electrons. The Bertz CT molecular complexity index is 691. The third-order valence-corrected chi connectivity index (χ3v) is 5.33. The minimum Gasteiger partial charge on any atom is -0.331 e. The highest BCUT2D eigenvalue weighted by atomic mass is 32.2. The number of thioether (sulfide) groups is 1. The third kappa shape index (κ3) is 2.95. The maximum Gasteiger partial charge on any atom is 0.143 e. The molecule has 1 aliphatic heterocycles. The van der Waals surface area contributed by atoms with Gasteiger partial charge < -0.3 is 5.32 Å². The van der Waals surface area contributed by atoms with Gasteiger partial charge in [0.2, 0.25) is 0 Å². The quantitative estimate of drug-likeness (QED) is 0.633. The third-order valence-electron chi connectivity index (χ3n) is 2.59. The zero-order valence-corrected chi connectivity index (χ0v) is 13.0. The number of fused-ring (bicyclic) bond motifs is 1. The van der Waals surface area contributed by atoms with Gasteiger partial charge in [-0.2, -0.15) is 0 Å². The fourth-order valence-electron chi connectivity index (χ4n) is 1.75. The monoisotopic (exact) mass is 319 g/mol. The van der Waals surface area contributed by atoms with Gasteiger partial charge in [-0.25, -0.2) is 0 Å². The van der Waals surface area contributed by atoms with Gasteiger partial charge in [-0.05, 0) is 29.7 Å². The highest BCUT2D eigenvalue weighted by Crippen LogP contribution is 2.27. The number of benzene rings is 1. The van der Waals surface area contributed by atoms with E-state index in [1.807, 2.05) is 12.2 Å². The normalized spacial score (nSPS) is 17.8. The molecule has 0 aliphatic carbocycles. The minimum absolute atomic E-state index is 0.719. The molecule has 1 N–H and O–H groups in total. The van der Waals surface area contributed by atoms with Gasteiger partial charge in [-0.1, -0.05) is 60.5 Å². The lowest BCUT2D eigenvalue weighted by molar-refractivity contribution is 1.52. The van der Waals surface area contributed by atoms with Gasteiger partial charge in [0.15, 0.2) is 0 Å². The van der Waals surface area contributed by atoms with E-state index in [1.165, 1.54) is 26.7 Å². The van der Waals surface area contributed by atoms with Crippen LogP contribution in [0.4, 0.5) is 0 Å². The lowest BCUT2D eigenvalue weighted by Gasteiger charge is -1.89. The molecule has 1 aliphatic rings. The second-order valence-corrected chi connectivity index (χ2v) is 7.16. The number of allylic oxidation sites excluding steroid dienone is 2. The van der Waals surface area contributed by atoms with Crippen LogP contribution in [0.5, 0.6) is 0 Å². The van der Waals surface area contributed by atoms with Crippen LogP contribution in [-0.4, -0.2) is 9.31 Å². The van der Waals surface area contributed by atoms with Crippen molar-refractivity contribution < 1.29 is 0 Å². The molecule has 0 saturated carbocycles. The van der Waals surface area contributed by atoms with Crippen molar-refractivity contribution in [2.45, 2.75) is 0 Å². The van der Waals surface area contributed by atoms with E-state index in [-0.39, 0.29) is 0 Å². The number of thiocarbonyl (C=S) groups is 2. The highest BCUT2D eigenvalue weighted by molar-refractivity contribution is 8.27. The average molecular weight is 320 g/mol. The Morgan fingerprint density at radius 3 is 2.74 bits per heavy atom. The van der Waals surface area contributed by atoms with Crippen LogP contribution in [0.3, 0.4) is 0 Å². The number of rotatable bonds is 2. The van der Waals surface area contributed by atoms with Crippen molar-refractivity contribution in [3.05, 3.63) is 52.3 Å². The second-order valence-electron chi connectivity index (χ2n) is 3.92. The Morgan fingerprint density at radius 1 is 1.16 bits per heavy atom. The summed E-state index contributed by atoms with van der Waals surface area (Å²) in [5, 5.41) is 4.25. The predicted molar refractivity (Wildman–Crippen MR) is 94.9 cm³/mol. The van der Waals surface area contributed by atoms with Gasteiger partial charge >= 0.3 is 0 Å². The van der Waals surface area contributed by atoms with Crippen molar-refractivity contribution in [3.8, 4) is 0 Å². The summed E-state index contributed by atoms with van der Waals surface area (Å²) < 4.78 is 2.04. The average Bonchev–Trinajstić information content (AvgIpc) is 2.92. The van der Waals surface area contributed by atoms with Crippen LogP contribution >= 0.6 is 47.5 Å². The fourth-order valence-corrected chi connectivity index (χ4v) is 4.17. The second kappa shape index (κ2) is 5.54. The molecule has 0 spiro atoms. The SMILES string of the molecule is S=C1NC(=S)/C(=C/C=C/c2cc3ccccc3s2)S1. The number of hydrogen-bond acceptors (Lipinski definition) is 4. The van der Waals surface area contributed by atoms with Crippen LogP contribution < -0.4 is 5.32 Å². The Kier molecular flexibility index (Phi) is 3.79. The summed E-state index contributed by atoms with van der Waals surface area (Å²) in [6, 6.07) is 10.6. The molecule has 0 unspecified atom stereocenters. The van der Waals surface area contributed by atoms with Gasteiger partial charge in [0.05, 0.1) is 0 Å². The Morgan fingerprint density at radius 2 is 2.00 bits per heavy atom. The number of thiophene rings is 1.